The summed E-state index contributed by atoms with van der Waals surface area (Å²) in [5.74, 6) is 0. The smallest absolute Gasteiger partial charge is 0.00669 e. The van der Waals surface area contributed by atoms with Gasteiger partial charge in [0.15, 0.2) is 0 Å². The van der Waals surface area contributed by atoms with E-state index in [0.29, 0.717) is 0 Å². The zero-order chi connectivity index (χ0) is 8.81. The summed E-state index contributed by atoms with van der Waals surface area (Å²) in [6.45, 7) is 7.35. The Bertz CT molecular complexity index is 112. The predicted octanol–water partition coefficient (Wildman–Crippen LogP) is 3.05. The molecule has 1 fully saturated rings. The molecule has 0 spiro atoms. The number of rotatable bonds is 4. The van der Waals surface area contributed by atoms with Crippen LogP contribution in [0.5, 0.6) is 0 Å². The van der Waals surface area contributed by atoms with Gasteiger partial charge in [-0.1, -0.05) is 26.2 Å². The summed E-state index contributed by atoms with van der Waals surface area (Å²) in [5.41, 5.74) is 0. The fraction of sp³-hybridized carbons (Fsp3) is 1.00. The molecule has 1 rings (SSSR count). The highest BCUT2D eigenvalue weighted by molar-refractivity contribution is 4.72. The van der Waals surface area contributed by atoms with Crippen LogP contribution in [-0.2, 0) is 0 Å². The molecule has 0 aromatic carbocycles. The van der Waals surface area contributed by atoms with Crippen molar-refractivity contribution in [3.63, 3.8) is 0 Å². The van der Waals surface area contributed by atoms with Crippen LogP contribution in [0.25, 0.3) is 0 Å². The lowest BCUT2D eigenvalue weighted by Crippen LogP contribution is -2.37. The number of hydrogen-bond acceptors (Lipinski definition) is 1. The Morgan fingerprint density at radius 2 is 2.08 bits per heavy atom. The number of likely N-dealkylation sites (tertiary alicyclic amines) is 1. The molecule has 1 aliphatic rings. The third-order valence-electron chi connectivity index (χ3n) is 2.99. The van der Waals surface area contributed by atoms with E-state index in [9.17, 15) is 0 Å². The maximum Gasteiger partial charge on any atom is 0.00669 e. The van der Waals surface area contributed by atoms with E-state index in [1.54, 1.807) is 0 Å². The first-order valence-corrected chi connectivity index (χ1v) is 5.58. The van der Waals surface area contributed by atoms with Crippen molar-refractivity contribution in [2.45, 2.75) is 58.4 Å². The molecule has 0 amide bonds. The van der Waals surface area contributed by atoms with Gasteiger partial charge in [-0.15, -0.1) is 0 Å². The number of nitrogens with zero attached hydrogens (tertiary/aromatic N) is 1. The van der Waals surface area contributed by atoms with Crippen molar-refractivity contribution < 1.29 is 0 Å². The van der Waals surface area contributed by atoms with Crippen molar-refractivity contribution >= 4 is 0 Å². The second-order valence-corrected chi connectivity index (χ2v) is 4.09. The Kier molecular flexibility index (Phi) is 4.67. The fourth-order valence-electron chi connectivity index (χ4n) is 2.05. The van der Waals surface area contributed by atoms with Gasteiger partial charge in [0.1, 0.15) is 0 Å². The molecule has 0 aromatic rings. The van der Waals surface area contributed by atoms with E-state index < -0.39 is 0 Å². The third-order valence-corrected chi connectivity index (χ3v) is 2.99. The Labute approximate surface area is 77.1 Å². The summed E-state index contributed by atoms with van der Waals surface area (Å²) in [6, 6.07) is 0.857. The van der Waals surface area contributed by atoms with Gasteiger partial charge in [0, 0.05) is 6.04 Å². The normalized spacial score (nSPS) is 26.0. The minimum absolute atomic E-state index is 0.857. The summed E-state index contributed by atoms with van der Waals surface area (Å²) >= 11 is 0. The molecule has 1 aliphatic heterocycles. The second-order valence-electron chi connectivity index (χ2n) is 4.09. The molecule has 0 aromatic heterocycles. The van der Waals surface area contributed by atoms with Crippen molar-refractivity contribution in [1.82, 2.24) is 4.90 Å². The summed E-state index contributed by atoms with van der Waals surface area (Å²) in [5, 5.41) is 0. The highest BCUT2D eigenvalue weighted by Gasteiger charge is 2.16. The average molecular weight is 169 g/mol. The lowest BCUT2D eigenvalue weighted by molar-refractivity contribution is 0.158. The number of piperidine rings is 1. The monoisotopic (exact) mass is 169 g/mol. The van der Waals surface area contributed by atoms with Crippen LogP contribution in [0, 0.1) is 0 Å². The highest BCUT2D eigenvalue weighted by atomic mass is 15.1. The maximum absolute atomic E-state index is 2.67. The number of hydrogen-bond donors (Lipinski definition) is 0. The first kappa shape index (κ1) is 10.0. The number of unbranched alkanes of at least 4 members (excludes halogenated alkanes) is 2. The van der Waals surface area contributed by atoms with Gasteiger partial charge in [0.2, 0.25) is 0 Å². The van der Waals surface area contributed by atoms with E-state index in [0.717, 1.165) is 6.04 Å². The van der Waals surface area contributed by atoms with Gasteiger partial charge in [-0.05, 0) is 39.3 Å². The minimum atomic E-state index is 0.857. The zero-order valence-electron chi connectivity index (χ0n) is 8.68. The molecule has 72 valence electrons. The Balaban J connectivity index is 2.11. The van der Waals surface area contributed by atoms with Crippen LogP contribution < -0.4 is 0 Å². The van der Waals surface area contributed by atoms with Gasteiger partial charge in [0.25, 0.3) is 0 Å². The minimum Gasteiger partial charge on any atom is -0.301 e. The van der Waals surface area contributed by atoms with E-state index in [1.165, 1.54) is 51.6 Å². The molecule has 1 nitrogen and oxygen atoms in total. The third kappa shape index (κ3) is 3.14. The quantitative estimate of drug-likeness (QED) is 0.585. The Morgan fingerprint density at radius 1 is 1.25 bits per heavy atom. The van der Waals surface area contributed by atoms with Gasteiger partial charge in [-0.2, -0.15) is 0 Å². The van der Waals surface area contributed by atoms with Crippen molar-refractivity contribution in [2.75, 3.05) is 13.1 Å². The van der Waals surface area contributed by atoms with Gasteiger partial charge in [0.05, 0.1) is 0 Å². The summed E-state index contributed by atoms with van der Waals surface area (Å²) in [6.07, 6.45) is 8.46. The van der Waals surface area contributed by atoms with E-state index in [2.05, 4.69) is 18.7 Å². The van der Waals surface area contributed by atoms with Crippen LogP contribution in [0.15, 0.2) is 0 Å². The molecule has 0 bridgehead atoms. The van der Waals surface area contributed by atoms with E-state index in [-0.39, 0.29) is 0 Å². The zero-order valence-corrected chi connectivity index (χ0v) is 8.68. The van der Waals surface area contributed by atoms with Gasteiger partial charge in [-0.3, -0.25) is 0 Å². The van der Waals surface area contributed by atoms with E-state index in [1.807, 2.05) is 0 Å². The first-order valence-electron chi connectivity index (χ1n) is 5.58. The summed E-state index contributed by atoms with van der Waals surface area (Å²) in [7, 11) is 0. The molecule has 1 atom stereocenters. The molecule has 0 radical (unpaired) electrons. The van der Waals surface area contributed by atoms with Crippen LogP contribution in [-0.4, -0.2) is 24.0 Å². The van der Waals surface area contributed by atoms with Gasteiger partial charge < -0.3 is 4.90 Å². The summed E-state index contributed by atoms with van der Waals surface area (Å²) in [4.78, 5) is 2.67. The van der Waals surface area contributed by atoms with Crippen LogP contribution >= 0.6 is 0 Å². The van der Waals surface area contributed by atoms with Crippen LogP contribution in [0.4, 0.5) is 0 Å². The van der Waals surface area contributed by atoms with Crippen LogP contribution in [0.3, 0.4) is 0 Å². The van der Waals surface area contributed by atoms with Crippen molar-refractivity contribution in [2.24, 2.45) is 0 Å². The molecule has 0 unspecified atom stereocenters. The molecule has 0 N–H and O–H groups in total. The molecule has 1 heterocycles. The molecular weight excluding hydrogens is 146 g/mol. The molecule has 12 heavy (non-hydrogen) atoms. The molecule has 0 saturated carbocycles. The van der Waals surface area contributed by atoms with Gasteiger partial charge >= 0.3 is 0 Å². The largest absolute Gasteiger partial charge is 0.301 e. The van der Waals surface area contributed by atoms with Gasteiger partial charge in [-0.25, -0.2) is 0 Å². The maximum atomic E-state index is 2.67. The van der Waals surface area contributed by atoms with E-state index in [4.69, 9.17) is 0 Å². The topological polar surface area (TPSA) is 3.24 Å². The van der Waals surface area contributed by atoms with Crippen molar-refractivity contribution in [3.05, 3.63) is 0 Å². The van der Waals surface area contributed by atoms with Crippen LogP contribution in [0.2, 0.25) is 0 Å². The Morgan fingerprint density at radius 3 is 2.75 bits per heavy atom. The molecule has 0 aliphatic carbocycles. The summed E-state index contributed by atoms with van der Waals surface area (Å²) < 4.78 is 0. The lowest BCUT2D eigenvalue weighted by Gasteiger charge is -2.33. The van der Waals surface area contributed by atoms with E-state index >= 15 is 0 Å². The van der Waals surface area contributed by atoms with Crippen molar-refractivity contribution in [1.29, 1.82) is 0 Å². The molecule has 1 heteroatoms. The lowest BCUT2D eigenvalue weighted by atomic mass is 10.0. The standard InChI is InChI=1S/C11H23N/c1-3-4-6-9-12-10-7-5-8-11(12)2/h11H,3-10H2,1-2H3/t11-/m1/s1. The average Bonchev–Trinajstić information content (AvgIpc) is 2.09. The fourth-order valence-corrected chi connectivity index (χ4v) is 2.05. The van der Waals surface area contributed by atoms with Crippen LogP contribution in [0.1, 0.15) is 52.4 Å². The first-order chi connectivity index (χ1) is 5.84. The molecule has 1 saturated heterocycles. The SMILES string of the molecule is CCCCCN1CCCC[C@H]1C. The highest BCUT2D eigenvalue weighted by Crippen LogP contribution is 2.16. The predicted molar refractivity (Wildman–Crippen MR) is 54.4 cm³/mol. The second kappa shape index (κ2) is 5.58. The van der Waals surface area contributed by atoms with Crippen molar-refractivity contribution in [3.8, 4) is 0 Å². The molecular formula is C11H23N. The Hall–Kier alpha value is -0.0400.